The molecule has 3 rings (SSSR count). The normalized spacial score (nSPS) is 26.0. The lowest BCUT2D eigenvalue weighted by atomic mass is 9.83. The van der Waals surface area contributed by atoms with Crippen molar-refractivity contribution in [3.05, 3.63) is 34.3 Å². The Morgan fingerprint density at radius 2 is 1.79 bits per heavy atom. The fourth-order valence-electron chi connectivity index (χ4n) is 3.96. The Balaban J connectivity index is 1.91. The van der Waals surface area contributed by atoms with Crippen molar-refractivity contribution in [2.75, 3.05) is 34.4 Å². The van der Waals surface area contributed by atoms with Crippen LogP contribution in [0.3, 0.4) is 0 Å². The number of amides is 1. The van der Waals surface area contributed by atoms with Crippen LogP contribution in [0.2, 0.25) is 0 Å². The van der Waals surface area contributed by atoms with E-state index < -0.39 is 5.79 Å². The molecular formula is C18H25BrN2O3. The third kappa shape index (κ3) is 3.25. The van der Waals surface area contributed by atoms with E-state index in [0.29, 0.717) is 18.8 Å². The highest BCUT2D eigenvalue weighted by Gasteiger charge is 2.53. The van der Waals surface area contributed by atoms with E-state index in [2.05, 4.69) is 34.9 Å². The highest BCUT2D eigenvalue weighted by Crippen LogP contribution is 2.40. The van der Waals surface area contributed by atoms with Crippen molar-refractivity contribution in [3.8, 4) is 0 Å². The minimum atomic E-state index is -0.674. The number of carbonyl (C=O) groups is 1. The number of benzene rings is 1. The molecule has 1 amide bonds. The Hall–Kier alpha value is -0.950. The molecule has 2 aliphatic rings. The van der Waals surface area contributed by atoms with Crippen LogP contribution < -0.4 is 0 Å². The minimum absolute atomic E-state index is 0.000255. The second-order valence-electron chi connectivity index (χ2n) is 6.80. The molecular weight excluding hydrogens is 372 g/mol. The van der Waals surface area contributed by atoms with Gasteiger partial charge in [-0.25, -0.2) is 0 Å². The van der Waals surface area contributed by atoms with Crippen LogP contribution in [-0.4, -0.2) is 67.9 Å². The van der Waals surface area contributed by atoms with Crippen LogP contribution in [-0.2, 0) is 9.47 Å². The predicted molar refractivity (Wildman–Crippen MR) is 96.0 cm³/mol. The first-order valence-electron chi connectivity index (χ1n) is 8.42. The summed E-state index contributed by atoms with van der Waals surface area (Å²) in [6.45, 7) is 1.19. The molecule has 2 atom stereocenters. The third-order valence-electron chi connectivity index (χ3n) is 5.11. The molecule has 0 bridgehead atoms. The molecule has 6 heteroatoms. The number of ether oxygens (including phenoxy) is 2. The van der Waals surface area contributed by atoms with Gasteiger partial charge in [-0.3, -0.25) is 4.79 Å². The van der Waals surface area contributed by atoms with Crippen molar-refractivity contribution in [1.82, 2.24) is 9.80 Å². The van der Waals surface area contributed by atoms with Crippen molar-refractivity contribution in [3.63, 3.8) is 0 Å². The lowest BCUT2D eigenvalue weighted by Gasteiger charge is -2.50. The maximum absolute atomic E-state index is 13.0. The zero-order valence-electron chi connectivity index (χ0n) is 14.5. The van der Waals surface area contributed by atoms with Gasteiger partial charge in [-0.15, -0.1) is 0 Å². The van der Waals surface area contributed by atoms with Crippen LogP contribution in [0.5, 0.6) is 0 Å². The largest absolute Gasteiger partial charge is 0.345 e. The summed E-state index contributed by atoms with van der Waals surface area (Å²) in [4.78, 5) is 17.0. The molecule has 1 aromatic rings. The fourth-order valence-corrected chi connectivity index (χ4v) is 4.22. The highest BCUT2D eigenvalue weighted by molar-refractivity contribution is 9.10. The first kappa shape index (κ1) is 17.9. The number of hydrogen-bond acceptors (Lipinski definition) is 4. The molecule has 1 aliphatic heterocycles. The second-order valence-corrected chi connectivity index (χ2v) is 7.72. The molecule has 5 nitrogen and oxygen atoms in total. The summed E-state index contributed by atoms with van der Waals surface area (Å²) in [5.74, 6) is -0.674. The van der Waals surface area contributed by atoms with Gasteiger partial charge in [-0.05, 0) is 51.2 Å². The maximum Gasteiger partial charge on any atom is 0.254 e. The molecule has 1 saturated heterocycles. The standard InChI is InChI=1S/C18H25BrN2O3/c1-20(2)15-5-4-10-18(23-11-12-24-18)16(15)21(3)17(22)13-6-8-14(19)9-7-13/h6-9,15-16H,4-5,10-12H2,1-3H3/t15-,16+/m1/s1. The molecule has 132 valence electrons. The summed E-state index contributed by atoms with van der Waals surface area (Å²) >= 11 is 3.41. The molecule has 0 aromatic heterocycles. The summed E-state index contributed by atoms with van der Waals surface area (Å²) in [5, 5.41) is 0. The molecule has 1 aromatic carbocycles. The van der Waals surface area contributed by atoms with Gasteiger partial charge in [0, 0.05) is 29.5 Å². The van der Waals surface area contributed by atoms with Gasteiger partial charge in [0.1, 0.15) is 6.04 Å². The first-order chi connectivity index (χ1) is 11.4. The molecule has 24 heavy (non-hydrogen) atoms. The highest BCUT2D eigenvalue weighted by atomic mass is 79.9. The van der Waals surface area contributed by atoms with Crippen LogP contribution in [0, 0.1) is 0 Å². The molecule has 0 radical (unpaired) electrons. The predicted octanol–water partition coefficient (Wildman–Crippen LogP) is 2.75. The Kier molecular flexibility index (Phi) is 5.30. The zero-order valence-corrected chi connectivity index (χ0v) is 16.1. The second kappa shape index (κ2) is 7.12. The lowest BCUT2D eigenvalue weighted by molar-refractivity contribution is -0.223. The zero-order chi connectivity index (χ0) is 17.3. The third-order valence-corrected chi connectivity index (χ3v) is 5.64. The molecule has 1 saturated carbocycles. The van der Waals surface area contributed by atoms with Crippen molar-refractivity contribution in [2.45, 2.75) is 37.1 Å². The van der Waals surface area contributed by atoms with E-state index in [9.17, 15) is 4.79 Å². The Bertz CT molecular complexity index is 584. The first-order valence-corrected chi connectivity index (χ1v) is 9.21. The Morgan fingerprint density at radius 1 is 1.17 bits per heavy atom. The summed E-state index contributed by atoms with van der Waals surface area (Å²) in [7, 11) is 5.98. The summed E-state index contributed by atoms with van der Waals surface area (Å²) in [6, 6.07) is 7.56. The maximum atomic E-state index is 13.0. The van der Waals surface area contributed by atoms with Crippen LogP contribution in [0.25, 0.3) is 0 Å². The van der Waals surface area contributed by atoms with Crippen LogP contribution in [0.1, 0.15) is 29.6 Å². The molecule has 0 unspecified atom stereocenters. The minimum Gasteiger partial charge on any atom is -0.345 e. The van der Waals surface area contributed by atoms with E-state index in [0.717, 1.165) is 23.7 Å². The van der Waals surface area contributed by atoms with E-state index in [1.54, 1.807) is 0 Å². The van der Waals surface area contributed by atoms with Crippen molar-refractivity contribution < 1.29 is 14.3 Å². The summed E-state index contributed by atoms with van der Waals surface area (Å²) in [5.41, 5.74) is 0.678. The molecule has 1 aliphatic carbocycles. The van der Waals surface area contributed by atoms with E-state index >= 15 is 0 Å². The molecule has 0 N–H and O–H groups in total. The number of carbonyl (C=O) groups excluding carboxylic acids is 1. The average molecular weight is 397 g/mol. The molecule has 2 fully saturated rings. The van der Waals surface area contributed by atoms with Crippen molar-refractivity contribution >= 4 is 21.8 Å². The molecule has 1 heterocycles. The fraction of sp³-hybridized carbons (Fsp3) is 0.611. The van der Waals surface area contributed by atoms with Gasteiger partial charge in [-0.1, -0.05) is 15.9 Å². The topological polar surface area (TPSA) is 42.0 Å². The summed E-state index contributed by atoms with van der Waals surface area (Å²) in [6.07, 6.45) is 2.91. The van der Waals surface area contributed by atoms with E-state index in [4.69, 9.17) is 9.47 Å². The summed E-state index contributed by atoms with van der Waals surface area (Å²) < 4.78 is 13.1. The van der Waals surface area contributed by atoms with E-state index in [-0.39, 0.29) is 18.0 Å². The van der Waals surface area contributed by atoms with Gasteiger partial charge in [0.15, 0.2) is 5.79 Å². The van der Waals surface area contributed by atoms with Gasteiger partial charge in [0.05, 0.1) is 13.2 Å². The van der Waals surface area contributed by atoms with Crippen LogP contribution in [0.15, 0.2) is 28.7 Å². The Labute approximate surface area is 152 Å². The number of hydrogen-bond donors (Lipinski definition) is 0. The monoisotopic (exact) mass is 396 g/mol. The number of halogens is 1. The Morgan fingerprint density at radius 3 is 2.38 bits per heavy atom. The molecule has 1 spiro atoms. The smallest absolute Gasteiger partial charge is 0.254 e. The average Bonchev–Trinajstić information content (AvgIpc) is 3.02. The van der Waals surface area contributed by atoms with E-state index in [1.165, 1.54) is 0 Å². The number of rotatable bonds is 3. The van der Waals surface area contributed by atoms with Crippen molar-refractivity contribution in [2.24, 2.45) is 0 Å². The van der Waals surface area contributed by atoms with Gasteiger partial charge in [-0.2, -0.15) is 0 Å². The van der Waals surface area contributed by atoms with Gasteiger partial charge >= 0.3 is 0 Å². The quantitative estimate of drug-likeness (QED) is 0.787. The van der Waals surface area contributed by atoms with Crippen LogP contribution in [0.4, 0.5) is 0 Å². The van der Waals surface area contributed by atoms with Crippen LogP contribution >= 0.6 is 15.9 Å². The number of nitrogens with zero attached hydrogens (tertiary/aromatic N) is 2. The number of likely N-dealkylation sites (N-methyl/N-ethyl adjacent to an activating group) is 2. The van der Waals surface area contributed by atoms with Gasteiger partial charge < -0.3 is 19.3 Å². The van der Waals surface area contributed by atoms with E-state index in [1.807, 2.05) is 36.2 Å². The van der Waals surface area contributed by atoms with Gasteiger partial charge in [0.25, 0.3) is 5.91 Å². The lowest BCUT2D eigenvalue weighted by Crippen LogP contribution is -2.64. The SMILES string of the molecule is CN(C)[C@@H]1CCCC2(OCCO2)[C@H]1N(C)C(=O)c1ccc(Br)cc1. The van der Waals surface area contributed by atoms with Crippen molar-refractivity contribution in [1.29, 1.82) is 0 Å². The van der Waals surface area contributed by atoms with Gasteiger partial charge in [0.2, 0.25) is 0 Å².